The molecule has 1 aromatic rings. The van der Waals surface area contributed by atoms with Gasteiger partial charge in [0, 0.05) is 36.3 Å². The van der Waals surface area contributed by atoms with Crippen molar-refractivity contribution < 1.29 is 43.5 Å². The molecule has 0 spiro atoms. The van der Waals surface area contributed by atoms with Gasteiger partial charge in [-0.3, -0.25) is 4.79 Å². The first kappa shape index (κ1) is 37.7. The van der Waals surface area contributed by atoms with Crippen LogP contribution < -0.4 is 0 Å². The number of ether oxygens (including phenoxy) is 5. The number of esters is 1. The van der Waals surface area contributed by atoms with Crippen molar-refractivity contribution in [1.82, 2.24) is 0 Å². The van der Waals surface area contributed by atoms with E-state index < -0.39 is 35.9 Å². The van der Waals surface area contributed by atoms with Crippen molar-refractivity contribution in [3.05, 3.63) is 83.5 Å². The van der Waals surface area contributed by atoms with Gasteiger partial charge in [0.15, 0.2) is 6.29 Å². The highest BCUT2D eigenvalue weighted by Gasteiger charge is 2.57. The number of aliphatic carboxylic acids is 1. The van der Waals surface area contributed by atoms with Gasteiger partial charge in [0.05, 0.1) is 43.0 Å². The second kappa shape index (κ2) is 17.5. The number of carboxylic acids is 1. The molecule has 1 heterocycles. The van der Waals surface area contributed by atoms with E-state index in [1.54, 1.807) is 6.92 Å². The van der Waals surface area contributed by atoms with E-state index in [-0.39, 0.29) is 42.5 Å². The molecular formula is C39H54O9. The lowest BCUT2D eigenvalue weighted by molar-refractivity contribution is -0.268. The molecule has 3 aliphatic rings. The maximum atomic E-state index is 13.1. The molecule has 0 amide bonds. The van der Waals surface area contributed by atoms with E-state index in [9.17, 15) is 19.8 Å². The summed E-state index contributed by atoms with van der Waals surface area (Å²) in [5, 5.41) is 20.4. The normalized spacial score (nSPS) is 31.1. The minimum absolute atomic E-state index is 0.00390. The lowest BCUT2D eigenvalue weighted by Gasteiger charge is -2.54. The Kier molecular flexibility index (Phi) is 13.8. The van der Waals surface area contributed by atoms with Gasteiger partial charge in [-0.15, -0.1) is 0 Å². The quantitative estimate of drug-likeness (QED) is 0.0520. The van der Waals surface area contributed by atoms with Crippen LogP contribution >= 0.6 is 0 Å². The van der Waals surface area contributed by atoms with Crippen LogP contribution in [0.5, 0.6) is 0 Å². The maximum absolute atomic E-state index is 13.1. The van der Waals surface area contributed by atoms with E-state index in [1.807, 2.05) is 81.5 Å². The van der Waals surface area contributed by atoms with Crippen LogP contribution in [0.15, 0.2) is 77.9 Å². The predicted octanol–water partition coefficient (Wildman–Crippen LogP) is 6.80. The number of rotatable bonds is 15. The molecule has 0 radical (unpaired) electrons. The summed E-state index contributed by atoms with van der Waals surface area (Å²) in [6.45, 7) is 8.19. The third-order valence-electron chi connectivity index (χ3n) is 10.4. The minimum Gasteiger partial charge on any atom is -0.481 e. The first-order chi connectivity index (χ1) is 23.0. The van der Waals surface area contributed by atoms with E-state index in [2.05, 4.69) is 6.08 Å². The summed E-state index contributed by atoms with van der Waals surface area (Å²) in [5.41, 5.74) is 1.36. The fraction of sp³-hybridized carbons (Fsp3) is 0.590. The number of allylic oxidation sites excluding steroid dienone is 5. The summed E-state index contributed by atoms with van der Waals surface area (Å²) in [6.07, 6.45) is 13.8. The molecule has 0 bridgehead atoms. The summed E-state index contributed by atoms with van der Waals surface area (Å²) in [7, 11) is 2.87. The van der Waals surface area contributed by atoms with Crippen molar-refractivity contribution in [3.8, 4) is 0 Å². The van der Waals surface area contributed by atoms with Crippen LogP contribution in [-0.4, -0.2) is 68.1 Å². The van der Waals surface area contributed by atoms with Crippen molar-refractivity contribution in [2.75, 3.05) is 27.6 Å². The Labute approximate surface area is 285 Å². The number of methoxy groups -OCH3 is 2. The van der Waals surface area contributed by atoms with Crippen molar-refractivity contribution in [2.24, 2.45) is 35.0 Å². The third kappa shape index (κ3) is 8.74. The number of benzene rings is 1. The lowest BCUT2D eigenvalue weighted by atomic mass is 9.52. The van der Waals surface area contributed by atoms with Gasteiger partial charge in [0.1, 0.15) is 6.79 Å². The molecule has 4 rings (SSSR count). The molecule has 264 valence electrons. The van der Waals surface area contributed by atoms with Crippen LogP contribution in [0.25, 0.3) is 0 Å². The van der Waals surface area contributed by atoms with E-state index >= 15 is 0 Å². The Morgan fingerprint density at radius 3 is 2.54 bits per heavy atom. The average Bonchev–Trinajstić information content (AvgIpc) is 3.08. The third-order valence-corrected chi connectivity index (χ3v) is 10.4. The first-order valence-corrected chi connectivity index (χ1v) is 17.2. The van der Waals surface area contributed by atoms with Crippen LogP contribution in [0.2, 0.25) is 0 Å². The van der Waals surface area contributed by atoms with Crippen molar-refractivity contribution in [2.45, 2.75) is 84.4 Å². The summed E-state index contributed by atoms with van der Waals surface area (Å²) < 4.78 is 28.9. The standard InChI is InChI=1S/C39H54O9/c1-25(34(47-24-44-5)30(36(41)45-6)18-12-11-15-27(3)40)14-10-13-19-32-26(2)22-31-33(39(32,4)38(42)43)21-20-29-23-46-37(48-35(29)31)28-16-8-7-9-17-28/h7-10,13-14,16-19,22,25,27,29,31-35,37,40H,11-12,15,20-21,23-24H2,1-6H3,(H,42,43)/b14-10+,19-13+,30-18-/t25-,27+,29+,31+,32-,33-,34+,35+,37+,39-/m0/s1. The van der Waals surface area contributed by atoms with Crippen molar-refractivity contribution in [3.63, 3.8) is 0 Å². The van der Waals surface area contributed by atoms with E-state index in [4.69, 9.17) is 23.7 Å². The monoisotopic (exact) mass is 666 g/mol. The van der Waals surface area contributed by atoms with Crippen LogP contribution in [0.1, 0.15) is 71.7 Å². The van der Waals surface area contributed by atoms with Gasteiger partial charge in [0.2, 0.25) is 0 Å². The zero-order valence-electron chi connectivity index (χ0n) is 29.2. The molecule has 1 aromatic carbocycles. The molecule has 9 nitrogen and oxygen atoms in total. The first-order valence-electron chi connectivity index (χ1n) is 17.2. The molecule has 2 N–H and O–H groups in total. The SMILES string of the molecule is COCO[C@@H](/C(=C/CCC[C@@H](C)O)C(=O)OC)[C@@H](C)/C=C/C=C/[C@H]1C(C)=C[C@H]2[C@@H]3O[C@H](c4ccccc4)OC[C@H]3CC[C@@H]2[C@@]1(C)C(=O)O. The Balaban J connectivity index is 1.54. The molecule has 9 heteroatoms. The summed E-state index contributed by atoms with van der Waals surface area (Å²) in [5.74, 6) is -1.72. The number of aliphatic hydroxyl groups is 1. The summed E-state index contributed by atoms with van der Waals surface area (Å²) >= 11 is 0. The smallest absolute Gasteiger partial charge is 0.336 e. The molecule has 1 aliphatic heterocycles. The molecule has 2 fully saturated rings. The van der Waals surface area contributed by atoms with Gasteiger partial charge >= 0.3 is 11.9 Å². The molecule has 1 saturated carbocycles. The topological polar surface area (TPSA) is 121 Å². The highest BCUT2D eigenvalue weighted by atomic mass is 16.7. The largest absolute Gasteiger partial charge is 0.481 e. The number of unbranched alkanes of at least 4 members (excludes halogenated alkanes) is 1. The molecule has 1 saturated heterocycles. The fourth-order valence-electron chi connectivity index (χ4n) is 7.80. The van der Waals surface area contributed by atoms with Gasteiger partial charge in [-0.25, -0.2) is 4.79 Å². The second-order valence-electron chi connectivity index (χ2n) is 13.7. The van der Waals surface area contributed by atoms with Crippen molar-refractivity contribution >= 4 is 11.9 Å². The molecule has 0 unspecified atom stereocenters. The van der Waals surface area contributed by atoms with Gasteiger partial charge in [-0.2, -0.15) is 0 Å². The summed E-state index contributed by atoms with van der Waals surface area (Å²) in [6, 6.07) is 9.91. The van der Waals surface area contributed by atoms with E-state index in [0.717, 1.165) is 30.4 Å². The van der Waals surface area contributed by atoms with Gasteiger partial charge in [-0.1, -0.05) is 79.3 Å². The van der Waals surface area contributed by atoms with Gasteiger partial charge in [-0.05, 0) is 58.8 Å². The highest BCUT2D eigenvalue weighted by molar-refractivity contribution is 5.89. The summed E-state index contributed by atoms with van der Waals surface area (Å²) in [4.78, 5) is 25.9. The predicted molar refractivity (Wildman–Crippen MR) is 183 cm³/mol. The second-order valence-corrected chi connectivity index (χ2v) is 13.7. The number of carbonyl (C=O) groups is 2. The minimum atomic E-state index is -1.02. The number of aliphatic hydroxyl groups excluding tert-OH is 1. The van der Waals surface area contributed by atoms with Crippen LogP contribution in [0.3, 0.4) is 0 Å². The number of hydrogen-bond acceptors (Lipinski definition) is 8. The molecule has 0 aromatic heterocycles. The Hall–Kier alpha value is -3.08. The van der Waals surface area contributed by atoms with Gasteiger partial charge < -0.3 is 33.9 Å². The maximum Gasteiger partial charge on any atom is 0.336 e. The lowest BCUT2D eigenvalue weighted by Crippen LogP contribution is -2.56. The van der Waals surface area contributed by atoms with E-state index in [1.165, 1.54) is 14.2 Å². The fourth-order valence-corrected chi connectivity index (χ4v) is 7.80. The zero-order valence-corrected chi connectivity index (χ0v) is 29.2. The Morgan fingerprint density at radius 2 is 1.88 bits per heavy atom. The Morgan fingerprint density at radius 1 is 1.12 bits per heavy atom. The van der Waals surface area contributed by atoms with Crippen LogP contribution in [-0.2, 0) is 33.3 Å². The highest BCUT2D eigenvalue weighted by Crippen LogP contribution is 2.56. The molecule has 48 heavy (non-hydrogen) atoms. The number of carboxylic acid groups (broad SMARTS) is 1. The van der Waals surface area contributed by atoms with Crippen molar-refractivity contribution in [1.29, 1.82) is 0 Å². The average molecular weight is 667 g/mol. The number of carbonyl (C=O) groups excluding carboxylic acids is 1. The van der Waals surface area contributed by atoms with E-state index in [0.29, 0.717) is 25.0 Å². The van der Waals surface area contributed by atoms with Gasteiger partial charge in [0.25, 0.3) is 0 Å². The number of hydrogen-bond donors (Lipinski definition) is 2. The molecular weight excluding hydrogens is 612 g/mol. The van der Waals surface area contributed by atoms with Crippen LogP contribution in [0.4, 0.5) is 0 Å². The number of fused-ring (bicyclic) bond motifs is 3. The molecule has 2 aliphatic carbocycles. The van der Waals surface area contributed by atoms with Crippen LogP contribution in [0, 0.1) is 35.0 Å². The Bertz CT molecular complexity index is 1330. The molecule has 10 atom stereocenters. The zero-order chi connectivity index (χ0) is 34.8.